The van der Waals surface area contributed by atoms with Crippen molar-refractivity contribution in [1.29, 1.82) is 0 Å². The number of nitrogen functional groups attached to an aromatic ring is 1. The topological polar surface area (TPSA) is 59.2 Å². The Hall–Kier alpha value is -0.750. The summed E-state index contributed by atoms with van der Waals surface area (Å²) in [4.78, 5) is 18.4. The lowest BCUT2D eigenvalue weighted by atomic mass is 10.1. The van der Waals surface area contributed by atoms with Gasteiger partial charge in [-0.25, -0.2) is 4.98 Å². The molecule has 4 nitrogen and oxygen atoms in total. The van der Waals surface area contributed by atoms with Gasteiger partial charge in [-0.3, -0.25) is 4.79 Å². The minimum atomic E-state index is 0.248. The average molecular weight is 299 g/mol. The molecule has 0 atom stereocenters. The summed E-state index contributed by atoms with van der Waals surface area (Å²) in [6, 6.07) is 0. The summed E-state index contributed by atoms with van der Waals surface area (Å²) in [6.45, 7) is 3.78. The van der Waals surface area contributed by atoms with Gasteiger partial charge in [-0.1, -0.05) is 30.6 Å². The number of anilines is 1. The number of carbonyl (C=O) groups excluding carboxylic acids is 1. The normalized spacial score (nSPS) is 17.0. The summed E-state index contributed by atoms with van der Waals surface area (Å²) in [5.74, 6) is 0.751. The largest absolute Gasteiger partial charge is 0.375 e. The molecule has 0 aliphatic carbocycles. The molecule has 2 rings (SSSR count). The van der Waals surface area contributed by atoms with Gasteiger partial charge in [0.25, 0.3) is 0 Å². The van der Waals surface area contributed by atoms with E-state index in [2.05, 4.69) is 4.98 Å². The number of rotatable bonds is 3. The number of nitrogens with zero attached hydrogens (tertiary/aromatic N) is 2. The molecule has 6 heteroatoms. The molecule has 0 spiro atoms. The van der Waals surface area contributed by atoms with E-state index in [1.54, 1.807) is 11.8 Å². The molecule has 106 valence electrons. The molecule has 0 saturated carbocycles. The van der Waals surface area contributed by atoms with E-state index in [1.165, 1.54) is 30.6 Å². The van der Waals surface area contributed by atoms with Crippen LogP contribution < -0.4 is 5.73 Å². The number of aryl methyl sites for hydroxylation is 1. The van der Waals surface area contributed by atoms with Crippen LogP contribution >= 0.6 is 23.1 Å². The van der Waals surface area contributed by atoms with Crippen LogP contribution in [0, 0.1) is 6.92 Å². The fourth-order valence-electron chi connectivity index (χ4n) is 2.25. The zero-order valence-electron chi connectivity index (χ0n) is 11.4. The second kappa shape index (κ2) is 7.14. The number of thiazole rings is 1. The smallest absolute Gasteiger partial charge is 0.232 e. The molecule has 1 aliphatic rings. The maximum Gasteiger partial charge on any atom is 0.232 e. The van der Waals surface area contributed by atoms with Crippen molar-refractivity contribution in [2.45, 2.75) is 43.2 Å². The fraction of sp³-hybridized carbons (Fsp3) is 0.692. The molecule has 19 heavy (non-hydrogen) atoms. The molecular formula is C13H21N3OS2. The van der Waals surface area contributed by atoms with E-state index in [4.69, 9.17) is 5.73 Å². The number of thioether (sulfide) groups is 1. The second-order valence-corrected chi connectivity index (χ2v) is 7.14. The van der Waals surface area contributed by atoms with Crippen LogP contribution in [0.4, 0.5) is 5.13 Å². The lowest BCUT2D eigenvalue weighted by molar-refractivity contribution is -0.128. The number of hydrogen-bond acceptors (Lipinski definition) is 5. The van der Waals surface area contributed by atoms with Crippen molar-refractivity contribution in [3.8, 4) is 0 Å². The number of aromatic nitrogens is 1. The van der Waals surface area contributed by atoms with Crippen LogP contribution in [0.1, 0.15) is 37.8 Å². The minimum absolute atomic E-state index is 0.248. The molecule has 2 heterocycles. The Balaban J connectivity index is 1.84. The van der Waals surface area contributed by atoms with E-state index >= 15 is 0 Å². The van der Waals surface area contributed by atoms with Crippen molar-refractivity contribution in [2.24, 2.45) is 0 Å². The maximum atomic E-state index is 12.2. The highest BCUT2D eigenvalue weighted by Gasteiger charge is 2.16. The van der Waals surface area contributed by atoms with Gasteiger partial charge in [0.2, 0.25) is 5.91 Å². The fourth-order valence-corrected chi connectivity index (χ4v) is 4.18. The van der Waals surface area contributed by atoms with Gasteiger partial charge in [0.05, 0.1) is 15.7 Å². The van der Waals surface area contributed by atoms with Gasteiger partial charge < -0.3 is 10.6 Å². The van der Waals surface area contributed by atoms with Crippen molar-refractivity contribution in [3.63, 3.8) is 0 Å². The lowest BCUT2D eigenvalue weighted by Gasteiger charge is -2.24. The van der Waals surface area contributed by atoms with Crippen LogP contribution in [0.15, 0.2) is 4.21 Å². The summed E-state index contributed by atoms with van der Waals surface area (Å²) in [5.41, 5.74) is 6.60. The molecule has 1 aromatic heterocycles. The quantitative estimate of drug-likeness (QED) is 0.872. The molecule has 0 bridgehead atoms. The molecule has 1 aliphatic heterocycles. The summed E-state index contributed by atoms with van der Waals surface area (Å²) >= 11 is 3.04. The van der Waals surface area contributed by atoms with Gasteiger partial charge in [0, 0.05) is 13.1 Å². The first-order valence-electron chi connectivity index (χ1n) is 6.80. The van der Waals surface area contributed by atoms with Crippen LogP contribution in [0.25, 0.3) is 0 Å². The van der Waals surface area contributed by atoms with Crippen LogP contribution in [-0.2, 0) is 4.79 Å². The van der Waals surface area contributed by atoms with E-state index in [0.717, 1.165) is 35.8 Å². The molecule has 1 fully saturated rings. The summed E-state index contributed by atoms with van der Waals surface area (Å²) in [5, 5.41) is 0.582. The van der Waals surface area contributed by atoms with Gasteiger partial charge in [0.1, 0.15) is 0 Å². The van der Waals surface area contributed by atoms with E-state index < -0.39 is 0 Å². The minimum Gasteiger partial charge on any atom is -0.375 e. The van der Waals surface area contributed by atoms with E-state index in [9.17, 15) is 4.79 Å². The molecular weight excluding hydrogens is 278 g/mol. The third kappa shape index (κ3) is 4.38. The van der Waals surface area contributed by atoms with Gasteiger partial charge in [-0.05, 0) is 19.8 Å². The van der Waals surface area contributed by atoms with Gasteiger partial charge in [-0.2, -0.15) is 0 Å². The molecule has 1 aromatic rings. The van der Waals surface area contributed by atoms with Crippen molar-refractivity contribution < 1.29 is 4.79 Å². The van der Waals surface area contributed by atoms with Crippen LogP contribution in [-0.4, -0.2) is 34.6 Å². The van der Waals surface area contributed by atoms with Crippen molar-refractivity contribution >= 4 is 34.1 Å². The third-order valence-corrected chi connectivity index (χ3v) is 5.64. The van der Waals surface area contributed by atoms with Gasteiger partial charge >= 0.3 is 0 Å². The lowest BCUT2D eigenvalue weighted by Crippen LogP contribution is -2.35. The summed E-state index contributed by atoms with van der Waals surface area (Å²) in [7, 11) is 0. The molecule has 1 saturated heterocycles. The van der Waals surface area contributed by atoms with E-state index in [0.29, 0.717) is 10.9 Å². The number of amides is 1. The standard InChI is InChI=1S/C13H21N3OS2/c1-10-12(19-13(14)15-10)18-9-11(17)16-7-5-3-2-4-6-8-16/h2-9H2,1H3,(H2,14,15). The molecule has 2 N–H and O–H groups in total. The van der Waals surface area contributed by atoms with Crippen LogP contribution in [0.5, 0.6) is 0 Å². The van der Waals surface area contributed by atoms with Gasteiger partial charge in [0.15, 0.2) is 5.13 Å². The average Bonchev–Trinajstić information content (AvgIpc) is 2.64. The number of nitrogens with two attached hydrogens (primary N) is 1. The highest BCUT2D eigenvalue weighted by molar-refractivity contribution is 8.01. The Labute approximate surface area is 122 Å². The Morgan fingerprint density at radius 3 is 2.53 bits per heavy atom. The zero-order chi connectivity index (χ0) is 13.7. The van der Waals surface area contributed by atoms with Crippen LogP contribution in [0.2, 0.25) is 0 Å². The highest BCUT2D eigenvalue weighted by Crippen LogP contribution is 2.30. The van der Waals surface area contributed by atoms with E-state index in [1.807, 2.05) is 11.8 Å². The highest BCUT2D eigenvalue weighted by atomic mass is 32.2. The number of carbonyl (C=O) groups is 1. The Morgan fingerprint density at radius 1 is 1.32 bits per heavy atom. The first-order chi connectivity index (χ1) is 9.16. The Kier molecular flexibility index (Phi) is 5.51. The predicted octanol–water partition coefficient (Wildman–Crippen LogP) is 2.92. The van der Waals surface area contributed by atoms with E-state index in [-0.39, 0.29) is 5.91 Å². The first-order valence-corrected chi connectivity index (χ1v) is 8.60. The van der Waals surface area contributed by atoms with Crippen molar-refractivity contribution in [2.75, 3.05) is 24.6 Å². The Morgan fingerprint density at radius 2 is 1.95 bits per heavy atom. The monoisotopic (exact) mass is 299 g/mol. The third-order valence-electron chi connectivity index (χ3n) is 3.31. The summed E-state index contributed by atoms with van der Waals surface area (Å²) in [6.07, 6.45) is 6.10. The molecule has 0 unspecified atom stereocenters. The van der Waals surface area contributed by atoms with Crippen molar-refractivity contribution in [3.05, 3.63) is 5.69 Å². The molecule has 0 radical (unpaired) electrons. The molecule has 1 amide bonds. The van der Waals surface area contributed by atoms with Crippen LogP contribution in [0.3, 0.4) is 0 Å². The zero-order valence-corrected chi connectivity index (χ0v) is 13.0. The molecule has 0 aromatic carbocycles. The maximum absolute atomic E-state index is 12.2. The van der Waals surface area contributed by atoms with Gasteiger partial charge in [-0.15, -0.1) is 11.8 Å². The van der Waals surface area contributed by atoms with Crippen molar-refractivity contribution in [1.82, 2.24) is 9.88 Å². The first kappa shape index (κ1) is 14.7. The SMILES string of the molecule is Cc1nc(N)sc1SCC(=O)N1CCCCCCC1. The summed E-state index contributed by atoms with van der Waals surface area (Å²) < 4.78 is 1.07. The number of likely N-dealkylation sites (tertiary alicyclic amines) is 1. The number of hydrogen-bond donors (Lipinski definition) is 1. The predicted molar refractivity (Wildman–Crippen MR) is 81.7 cm³/mol. The Bertz CT molecular complexity index is 426. The second-order valence-electron chi connectivity index (χ2n) is 4.86.